The van der Waals surface area contributed by atoms with E-state index >= 15 is 0 Å². The fourth-order valence-electron chi connectivity index (χ4n) is 3.64. The molecule has 0 saturated carbocycles. The topological polar surface area (TPSA) is 70.4 Å². The number of nitrogens with one attached hydrogen (secondary N) is 2. The van der Waals surface area contributed by atoms with Crippen LogP contribution in [-0.4, -0.2) is 59.4 Å². The highest BCUT2D eigenvalue weighted by Crippen LogP contribution is 2.24. The van der Waals surface area contributed by atoms with E-state index in [-0.39, 0.29) is 11.6 Å². The Hall–Kier alpha value is -2.55. The third-order valence-corrected chi connectivity index (χ3v) is 5.37. The molecule has 2 atom stereocenters. The van der Waals surface area contributed by atoms with Crippen LogP contribution >= 0.6 is 0 Å². The van der Waals surface area contributed by atoms with Crippen molar-refractivity contribution in [2.75, 3.05) is 27.7 Å². The third-order valence-electron chi connectivity index (χ3n) is 5.37. The highest BCUT2D eigenvalue weighted by atomic mass is 19.1. The van der Waals surface area contributed by atoms with Crippen molar-refractivity contribution < 1.29 is 8.78 Å². The van der Waals surface area contributed by atoms with Gasteiger partial charge in [-0.15, -0.1) is 0 Å². The van der Waals surface area contributed by atoms with Crippen LogP contribution in [0.4, 0.5) is 8.78 Å². The van der Waals surface area contributed by atoms with Gasteiger partial charge in [0.1, 0.15) is 17.5 Å². The molecule has 2 unspecified atom stereocenters. The summed E-state index contributed by atoms with van der Waals surface area (Å²) in [4.78, 5) is 10.7. The zero-order valence-electron chi connectivity index (χ0n) is 18.3. The molecule has 1 aromatic heterocycles. The standard InChI is InChI=1S/C21H31F2N7/c1-13(2)20-27-18-10-9-14(12-30(18)28-20)26-21(24-3)25-11-17(29(4)5)19-15(22)7-6-8-16(19)23/h6-8,13-14,17H,9-12H2,1-5H3,(H2,24,25,26). The van der Waals surface area contributed by atoms with Gasteiger partial charge in [-0.25, -0.2) is 18.4 Å². The maximum Gasteiger partial charge on any atom is 0.191 e. The number of benzene rings is 1. The van der Waals surface area contributed by atoms with Gasteiger partial charge in [0.2, 0.25) is 0 Å². The van der Waals surface area contributed by atoms with Gasteiger partial charge in [-0.1, -0.05) is 19.9 Å². The van der Waals surface area contributed by atoms with E-state index in [9.17, 15) is 8.78 Å². The molecule has 1 aliphatic rings. The molecule has 1 aromatic carbocycles. The fourth-order valence-corrected chi connectivity index (χ4v) is 3.64. The molecular weight excluding hydrogens is 388 g/mol. The molecule has 0 fully saturated rings. The second-order valence-electron chi connectivity index (χ2n) is 8.17. The van der Waals surface area contributed by atoms with Gasteiger partial charge in [0.15, 0.2) is 11.8 Å². The van der Waals surface area contributed by atoms with Crippen molar-refractivity contribution in [3.8, 4) is 0 Å². The van der Waals surface area contributed by atoms with Gasteiger partial charge in [-0.2, -0.15) is 5.10 Å². The molecule has 164 valence electrons. The van der Waals surface area contributed by atoms with Crippen LogP contribution in [0.5, 0.6) is 0 Å². The first-order valence-electron chi connectivity index (χ1n) is 10.3. The Morgan fingerprint density at radius 3 is 2.60 bits per heavy atom. The molecule has 2 N–H and O–H groups in total. The van der Waals surface area contributed by atoms with Gasteiger partial charge in [-0.05, 0) is 32.6 Å². The Balaban J connectivity index is 1.64. The van der Waals surface area contributed by atoms with Crippen LogP contribution in [0.25, 0.3) is 0 Å². The van der Waals surface area contributed by atoms with Crippen molar-refractivity contribution >= 4 is 5.96 Å². The van der Waals surface area contributed by atoms with Crippen molar-refractivity contribution in [2.24, 2.45) is 4.99 Å². The second kappa shape index (κ2) is 9.51. The molecule has 2 heterocycles. The molecular formula is C21H31F2N7. The Labute approximate surface area is 176 Å². The smallest absolute Gasteiger partial charge is 0.191 e. The van der Waals surface area contributed by atoms with Gasteiger partial charge in [0.25, 0.3) is 0 Å². The highest BCUT2D eigenvalue weighted by Gasteiger charge is 2.25. The highest BCUT2D eigenvalue weighted by molar-refractivity contribution is 5.80. The first kappa shape index (κ1) is 22.1. The molecule has 1 aliphatic heterocycles. The van der Waals surface area contributed by atoms with Crippen molar-refractivity contribution in [3.63, 3.8) is 0 Å². The van der Waals surface area contributed by atoms with Gasteiger partial charge in [0, 0.05) is 37.5 Å². The van der Waals surface area contributed by atoms with E-state index in [1.54, 1.807) is 26.0 Å². The van der Waals surface area contributed by atoms with E-state index in [0.29, 0.717) is 25.0 Å². The number of hydrogen-bond acceptors (Lipinski definition) is 4. The number of likely N-dealkylation sites (N-methyl/N-ethyl adjacent to an activating group) is 1. The molecule has 0 amide bonds. The van der Waals surface area contributed by atoms with E-state index in [1.165, 1.54) is 18.2 Å². The maximum atomic E-state index is 14.3. The molecule has 3 rings (SSSR count). The monoisotopic (exact) mass is 419 g/mol. The summed E-state index contributed by atoms with van der Waals surface area (Å²) in [6.07, 6.45) is 1.76. The van der Waals surface area contributed by atoms with E-state index in [0.717, 1.165) is 24.5 Å². The molecule has 0 aliphatic carbocycles. The van der Waals surface area contributed by atoms with Gasteiger partial charge >= 0.3 is 0 Å². The normalized spacial score (nSPS) is 17.9. The average Bonchev–Trinajstić information content (AvgIpc) is 3.12. The predicted molar refractivity (Wildman–Crippen MR) is 114 cm³/mol. The number of nitrogens with zero attached hydrogens (tertiary/aromatic N) is 5. The molecule has 30 heavy (non-hydrogen) atoms. The van der Waals surface area contributed by atoms with Crippen molar-refractivity contribution in [1.29, 1.82) is 0 Å². The molecule has 2 aromatic rings. The minimum Gasteiger partial charge on any atom is -0.354 e. The number of halogens is 2. The molecule has 0 bridgehead atoms. The molecule has 0 saturated heterocycles. The molecule has 9 heteroatoms. The minimum absolute atomic E-state index is 0.0524. The lowest BCUT2D eigenvalue weighted by atomic mass is 10.0. The summed E-state index contributed by atoms with van der Waals surface area (Å²) in [5.41, 5.74) is 0.0524. The number of aryl methyl sites for hydroxylation is 1. The quantitative estimate of drug-likeness (QED) is 0.556. The Morgan fingerprint density at radius 1 is 1.30 bits per heavy atom. The van der Waals surface area contributed by atoms with Crippen molar-refractivity contribution in [1.82, 2.24) is 30.3 Å². The molecule has 0 radical (unpaired) electrons. The summed E-state index contributed by atoms with van der Waals surface area (Å²) < 4.78 is 30.5. The number of fused-ring (bicyclic) bond motifs is 1. The summed E-state index contributed by atoms with van der Waals surface area (Å²) >= 11 is 0. The SMILES string of the molecule is CN=C(NCC(c1c(F)cccc1F)N(C)C)NC1CCc2nc(C(C)C)nn2C1. The summed E-state index contributed by atoms with van der Waals surface area (Å²) in [6.45, 7) is 5.18. The third kappa shape index (κ3) is 4.95. The number of rotatable bonds is 6. The van der Waals surface area contributed by atoms with Gasteiger partial charge in [-0.3, -0.25) is 4.99 Å². The van der Waals surface area contributed by atoms with E-state index < -0.39 is 17.7 Å². The summed E-state index contributed by atoms with van der Waals surface area (Å²) in [5.74, 6) is 1.68. The zero-order valence-corrected chi connectivity index (χ0v) is 18.3. The largest absolute Gasteiger partial charge is 0.354 e. The average molecular weight is 420 g/mol. The van der Waals surface area contributed by atoms with Crippen LogP contribution in [-0.2, 0) is 13.0 Å². The first-order chi connectivity index (χ1) is 14.3. The van der Waals surface area contributed by atoms with Gasteiger partial charge in [0.05, 0.1) is 12.6 Å². The lowest BCUT2D eigenvalue weighted by Gasteiger charge is -2.29. The van der Waals surface area contributed by atoms with Crippen LogP contribution in [0.2, 0.25) is 0 Å². The maximum absolute atomic E-state index is 14.3. The van der Waals surface area contributed by atoms with Crippen LogP contribution in [0.1, 0.15) is 49.4 Å². The van der Waals surface area contributed by atoms with Crippen LogP contribution in [0, 0.1) is 11.6 Å². The Kier molecular flexibility index (Phi) is 7.02. The molecule has 0 spiro atoms. The van der Waals surface area contributed by atoms with Crippen LogP contribution < -0.4 is 10.6 Å². The lowest BCUT2D eigenvalue weighted by molar-refractivity contribution is 0.282. The van der Waals surface area contributed by atoms with E-state index in [2.05, 4.69) is 39.6 Å². The van der Waals surface area contributed by atoms with E-state index in [1.807, 2.05) is 4.68 Å². The lowest BCUT2D eigenvalue weighted by Crippen LogP contribution is -2.48. The van der Waals surface area contributed by atoms with Crippen LogP contribution in [0.3, 0.4) is 0 Å². The Bertz CT molecular complexity index is 871. The fraction of sp³-hybridized carbons (Fsp3) is 0.571. The minimum atomic E-state index is -0.551. The van der Waals surface area contributed by atoms with Crippen molar-refractivity contribution in [3.05, 3.63) is 47.0 Å². The van der Waals surface area contributed by atoms with E-state index in [4.69, 9.17) is 0 Å². The summed E-state index contributed by atoms with van der Waals surface area (Å²) in [6, 6.07) is 3.61. The van der Waals surface area contributed by atoms with Crippen molar-refractivity contribution in [2.45, 2.75) is 51.2 Å². The van der Waals surface area contributed by atoms with Gasteiger partial charge < -0.3 is 15.5 Å². The predicted octanol–water partition coefficient (Wildman–Crippen LogP) is 2.46. The number of aromatic nitrogens is 3. The molecule has 7 nitrogen and oxygen atoms in total. The summed E-state index contributed by atoms with van der Waals surface area (Å²) in [5, 5.41) is 11.2. The number of hydrogen-bond donors (Lipinski definition) is 2. The Morgan fingerprint density at radius 2 is 2.00 bits per heavy atom. The van der Waals surface area contributed by atoms with Crippen LogP contribution in [0.15, 0.2) is 23.2 Å². The second-order valence-corrected chi connectivity index (χ2v) is 8.17. The summed E-state index contributed by atoms with van der Waals surface area (Å²) in [7, 11) is 5.28. The first-order valence-corrected chi connectivity index (χ1v) is 10.3. The number of guanidine groups is 1. The number of aliphatic imine (C=N–C) groups is 1. The zero-order chi connectivity index (χ0) is 21.8.